The highest BCUT2D eigenvalue weighted by atomic mass is 16.3. The van der Waals surface area contributed by atoms with Gasteiger partial charge in [-0.25, -0.2) is 4.98 Å². The summed E-state index contributed by atoms with van der Waals surface area (Å²) >= 11 is 0. The van der Waals surface area contributed by atoms with Crippen LogP contribution in [0.25, 0.3) is 11.3 Å². The zero-order valence-corrected chi connectivity index (χ0v) is 14.5. The number of ketones is 1. The molecule has 1 amide bonds. The van der Waals surface area contributed by atoms with Crippen molar-refractivity contribution in [2.45, 2.75) is 32.7 Å². The number of nitrogens with one attached hydrogen (secondary N) is 1. The van der Waals surface area contributed by atoms with Gasteiger partial charge in [-0.1, -0.05) is 30.3 Å². The smallest absolute Gasteiger partial charge is 0.278 e. The topological polar surface area (TPSA) is 90.0 Å². The van der Waals surface area contributed by atoms with E-state index in [4.69, 9.17) is 4.42 Å². The zero-order chi connectivity index (χ0) is 18.4. The van der Waals surface area contributed by atoms with Gasteiger partial charge >= 0.3 is 0 Å². The summed E-state index contributed by atoms with van der Waals surface area (Å²) < 4.78 is 7.13. The summed E-state index contributed by atoms with van der Waals surface area (Å²) in [6.07, 6.45) is 6.88. The standard InChI is InChI=1S/C19H20N4O3/c1-14(24)7-5-6-10-23-12-16(11-21-23)22-19(25)17-18(26-13-20-17)15-8-3-2-4-9-15/h2-4,8-9,11-13H,5-7,10H2,1H3,(H,22,25). The molecule has 0 bridgehead atoms. The monoisotopic (exact) mass is 352 g/mol. The first-order chi connectivity index (χ1) is 12.6. The molecule has 1 N–H and O–H groups in total. The second-order valence-corrected chi connectivity index (χ2v) is 6.00. The van der Waals surface area contributed by atoms with Crippen molar-refractivity contribution >= 4 is 17.4 Å². The molecule has 7 nitrogen and oxygen atoms in total. The van der Waals surface area contributed by atoms with Crippen LogP contribution in [-0.4, -0.2) is 26.5 Å². The van der Waals surface area contributed by atoms with Crippen molar-refractivity contribution in [2.75, 3.05) is 5.32 Å². The molecule has 26 heavy (non-hydrogen) atoms. The summed E-state index contributed by atoms with van der Waals surface area (Å²) in [4.78, 5) is 27.5. The zero-order valence-electron chi connectivity index (χ0n) is 14.5. The number of benzene rings is 1. The van der Waals surface area contributed by atoms with Gasteiger partial charge in [0.15, 0.2) is 17.8 Å². The Labute approximate surface area is 151 Å². The number of amides is 1. The van der Waals surface area contributed by atoms with Crippen LogP contribution < -0.4 is 5.32 Å². The molecular formula is C19H20N4O3. The fourth-order valence-electron chi connectivity index (χ4n) is 2.59. The lowest BCUT2D eigenvalue weighted by Crippen LogP contribution is -2.13. The van der Waals surface area contributed by atoms with E-state index in [2.05, 4.69) is 15.4 Å². The fourth-order valence-corrected chi connectivity index (χ4v) is 2.59. The minimum absolute atomic E-state index is 0.195. The first-order valence-electron chi connectivity index (χ1n) is 8.45. The molecule has 0 saturated heterocycles. The predicted molar refractivity (Wildman–Crippen MR) is 96.7 cm³/mol. The summed E-state index contributed by atoms with van der Waals surface area (Å²) in [6.45, 7) is 2.29. The molecule has 2 aromatic heterocycles. The molecule has 0 saturated carbocycles. The van der Waals surface area contributed by atoms with Crippen molar-refractivity contribution in [2.24, 2.45) is 0 Å². The van der Waals surface area contributed by atoms with Gasteiger partial charge in [0.25, 0.3) is 5.91 Å². The third-order valence-corrected chi connectivity index (χ3v) is 3.88. The number of nitrogens with zero attached hydrogens (tertiary/aromatic N) is 3. The first kappa shape index (κ1) is 17.6. The summed E-state index contributed by atoms with van der Waals surface area (Å²) in [6, 6.07) is 9.35. The molecule has 0 unspecified atom stereocenters. The Morgan fingerprint density at radius 1 is 1.19 bits per heavy atom. The maximum Gasteiger partial charge on any atom is 0.278 e. The number of hydrogen-bond acceptors (Lipinski definition) is 5. The van der Waals surface area contributed by atoms with E-state index in [-0.39, 0.29) is 17.4 Å². The minimum Gasteiger partial charge on any atom is -0.443 e. The van der Waals surface area contributed by atoms with E-state index in [0.29, 0.717) is 24.4 Å². The number of aryl methyl sites for hydroxylation is 1. The molecule has 0 radical (unpaired) electrons. The van der Waals surface area contributed by atoms with Crippen LogP contribution in [0.1, 0.15) is 36.7 Å². The Hall–Kier alpha value is -3.22. The average Bonchev–Trinajstić information content (AvgIpc) is 3.29. The summed E-state index contributed by atoms with van der Waals surface area (Å²) in [5.74, 6) is 0.272. The molecule has 134 valence electrons. The van der Waals surface area contributed by atoms with Gasteiger partial charge in [-0.2, -0.15) is 5.10 Å². The van der Waals surface area contributed by atoms with Crippen molar-refractivity contribution in [3.63, 3.8) is 0 Å². The van der Waals surface area contributed by atoms with Crippen LogP contribution in [-0.2, 0) is 11.3 Å². The van der Waals surface area contributed by atoms with Gasteiger partial charge in [0.2, 0.25) is 0 Å². The van der Waals surface area contributed by atoms with Crippen molar-refractivity contribution in [3.05, 3.63) is 54.8 Å². The Morgan fingerprint density at radius 2 is 2.00 bits per heavy atom. The second kappa shape index (κ2) is 8.24. The highest BCUT2D eigenvalue weighted by Crippen LogP contribution is 2.23. The predicted octanol–water partition coefficient (Wildman–Crippen LogP) is 3.55. The van der Waals surface area contributed by atoms with Crippen LogP contribution in [0.3, 0.4) is 0 Å². The Bertz CT molecular complexity index is 883. The van der Waals surface area contributed by atoms with Crippen molar-refractivity contribution < 1.29 is 14.0 Å². The number of aromatic nitrogens is 3. The third kappa shape index (κ3) is 4.44. The lowest BCUT2D eigenvalue weighted by atomic mass is 10.1. The number of hydrogen-bond donors (Lipinski definition) is 1. The van der Waals surface area contributed by atoms with Crippen LogP contribution in [0.5, 0.6) is 0 Å². The van der Waals surface area contributed by atoms with Crippen LogP contribution in [0.4, 0.5) is 5.69 Å². The molecule has 0 aliphatic rings. The number of Topliss-reactive ketones (excluding diaryl/α,β-unsaturated/α-hetero) is 1. The van der Waals surface area contributed by atoms with Gasteiger partial charge in [0.05, 0.1) is 11.9 Å². The molecule has 3 rings (SSSR count). The minimum atomic E-state index is -0.353. The Balaban J connectivity index is 1.61. The molecule has 0 fully saturated rings. The number of oxazole rings is 1. The highest BCUT2D eigenvalue weighted by Gasteiger charge is 2.18. The van der Waals surface area contributed by atoms with E-state index in [9.17, 15) is 9.59 Å². The van der Waals surface area contributed by atoms with Crippen LogP contribution in [0.2, 0.25) is 0 Å². The molecule has 2 heterocycles. The fraction of sp³-hybridized carbons (Fsp3) is 0.263. The quantitative estimate of drug-likeness (QED) is 0.626. The number of unbranched alkanes of at least 4 members (excludes halogenated alkanes) is 1. The van der Waals surface area contributed by atoms with Crippen LogP contribution in [0, 0.1) is 0 Å². The molecule has 1 aromatic carbocycles. The number of carbonyl (C=O) groups excluding carboxylic acids is 2. The lowest BCUT2D eigenvalue weighted by Gasteiger charge is -2.02. The Kier molecular flexibility index (Phi) is 5.58. The normalized spacial score (nSPS) is 10.7. The van der Waals surface area contributed by atoms with Gasteiger partial charge in [-0.05, 0) is 19.8 Å². The maximum absolute atomic E-state index is 12.5. The molecule has 0 atom stereocenters. The van der Waals surface area contributed by atoms with Crippen molar-refractivity contribution in [1.82, 2.24) is 14.8 Å². The van der Waals surface area contributed by atoms with E-state index < -0.39 is 0 Å². The largest absolute Gasteiger partial charge is 0.443 e. The number of rotatable bonds is 8. The van der Waals surface area contributed by atoms with Gasteiger partial charge < -0.3 is 14.5 Å². The molecule has 3 aromatic rings. The van der Waals surface area contributed by atoms with E-state index >= 15 is 0 Å². The molecule has 7 heteroatoms. The molecule has 0 aliphatic heterocycles. The SMILES string of the molecule is CC(=O)CCCCn1cc(NC(=O)c2ncoc2-c2ccccc2)cn1. The van der Waals surface area contributed by atoms with E-state index in [1.54, 1.807) is 24.0 Å². The van der Waals surface area contributed by atoms with Gasteiger partial charge in [-0.3, -0.25) is 9.48 Å². The van der Waals surface area contributed by atoms with E-state index in [0.717, 1.165) is 18.4 Å². The number of carbonyl (C=O) groups is 2. The Morgan fingerprint density at radius 3 is 2.77 bits per heavy atom. The highest BCUT2D eigenvalue weighted by molar-refractivity contribution is 6.06. The van der Waals surface area contributed by atoms with Gasteiger partial charge in [0.1, 0.15) is 5.78 Å². The summed E-state index contributed by atoms with van der Waals surface area (Å²) in [7, 11) is 0. The maximum atomic E-state index is 12.5. The molecule has 0 aliphatic carbocycles. The number of anilines is 1. The van der Waals surface area contributed by atoms with Crippen LogP contribution >= 0.6 is 0 Å². The molecular weight excluding hydrogens is 332 g/mol. The van der Waals surface area contributed by atoms with E-state index in [1.807, 2.05) is 30.3 Å². The summed E-state index contributed by atoms with van der Waals surface area (Å²) in [5.41, 5.74) is 1.60. The first-order valence-corrected chi connectivity index (χ1v) is 8.45. The second-order valence-electron chi connectivity index (χ2n) is 6.00. The third-order valence-electron chi connectivity index (χ3n) is 3.88. The molecule has 0 spiro atoms. The van der Waals surface area contributed by atoms with E-state index in [1.165, 1.54) is 6.39 Å². The van der Waals surface area contributed by atoms with Gasteiger partial charge in [0, 0.05) is 24.7 Å². The van der Waals surface area contributed by atoms with Gasteiger partial charge in [-0.15, -0.1) is 0 Å². The van der Waals surface area contributed by atoms with Crippen molar-refractivity contribution in [3.8, 4) is 11.3 Å². The summed E-state index contributed by atoms with van der Waals surface area (Å²) in [5, 5.41) is 7.01. The average molecular weight is 352 g/mol. The van der Waals surface area contributed by atoms with Crippen LogP contribution in [0.15, 0.2) is 53.5 Å². The van der Waals surface area contributed by atoms with Crippen molar-refractivity contribution in [1.29, 1.82) is 0 Å². The lowest BCUT2D eigenvalue weighted by molar-refractivity contribution is -0.117.